The Balaban J connectivity index is 2.44. The number of carbonyl (C=O) groups is 1. The van der Waals surface area contributed by atoms with E-state index in [2.05, 4.69) is 0 Å². The van der Waals surface area contributed by atoms with Crippen LogP contribution in [-0.4, -0.2) is 21.3 Å². The molecule has 3 aromatic carbocycles. The maximum Gasteiger partial charge on any atom is 0.313 e. The molecule has 0 aliphatic carbocycles. The Morgan fingerprint density at radius 3 is 1.62 bits per heavy atom. The highest BCUT2D eigenvalue weighted by Crippen LogP contribution is 2.73. The van der Waals surface area contributed by atoms with Crippen LogP contribution in [0.1, 0.15) is 6.92 Å². The van der Waals surface area contributed by atoms with Gasteiger partial charge in [0, 0.05) is 39.2 Å². The third kappa shape index (κ3) is 3.07. The molecular weight excluding hydrogens is 352 g/mol. The van der Waals surface area contributed by atoms with Crippen LogP contribution in [0.3, 0.4) is 0 Å². The molecule has 0 spiro atoms. The van der Waals surface area contributed by atoms with Crippen molar-refractivity contribution in [3.05, 3.63) is 72.8 Å². The molecule has 3 rings (SSSR count). The molecule has 0 heterocycles. The summed E-state index contributed by atoms with van der Waals surface area (Å²) >= 11 is 0. The van der Waals surface area contributed by atoms with Crippen molar-refractivity contribution in [3.63, 3.8) is 0 Å². The molecule has 0 saturated heterocycles. The van der Waals surface area contributed by atoms with E-state index in [0.29, 0.717) is 9.79 Å². The molecule has 5 nitrogen and oxygen atoms in total. The van der Waals surface area contributed by atoms with Crippen LogP contribution in [0.4, 0.5) is 0 Å². The smallest absolute Gasteiger partial charge is 0.313 e. The highest BCUT2D eigenvalue weighted by molar-refractivity contribution is 8.30. The van der Waals surface area contributed by atoms with Gasteiger partial charge in [0.05, 0.1) is 0 Å². The summed E-state index contributed by atoms with van der Waals surface area (Å²) in [5.74, 6) is -1.56. The van der Waals surface area contributed by atoms with Gasteiger partial charge in [0.1, 0.15) is 22.1 Å². The van der Waals surface area contributed by atoms with Gasteiger partial charge in [-0.3, -0.25) is 4.79 Å². The summed E-state index contributed by atoms with van der Waals surface area (Å²) in [6, 6.07) is 20.1. The third-order valence-electron chi connectivity index (χ3n) is 3.71. The summed E-state index contributed by atoms with van der Waals surface area (Å²) in [7, 11) is -2.77. The first-order valence-electron chi connectivity index (χ1n) is 7.83. The Morgan fingerprint density at radius 2 is 1.23 bits per heavy atom. The molecule has 134 valence electrons. The van der Waals surface area contributed by atoms with E-state index in [1.807, 2.05) is 12.1 Å². The Kier molecular flexibility index (Phi) is 4.77. The Labute approximate surface area is 152 Å². The highest BCUT2D eigenvalue weighted by atomic mass is 32.3. The number of hydrogen-bond acceptors (Lipinski definition) is 5. The summed E-state index contributed by atoms with van der Waals surface area (Å²) in [6.45, 7) is 1.28. The number of hydrogen-bond donors (Lipinski definition) is 3. The quantitative estimate of drug-likeness (QED) is 0.626. The molecular formula is C20H18O5S. The molecule has 0 aliphatic rings. The second-order valence-electron chi connectivity index (χ2n) is 5.57. The van der Waals surface area contributed by atoms with Crippen LogP contribution in [-0.2, 0) is 8.98 Å². The first-order chi connectivity index (χ1) is 12.4. The minimum absolute atomic E-state index is 0.0582. The van der Waals surface area contributed by atoms with Crippen LogP contribution < -0.4 is 0 Å². The summed E-state index contributed by atoms with van der Waals surface area (Å²) in [5.41, 5.74) is 0. The summed E-state index contributed by atoms with van der Waals surface area (Å²) < 4.78 is 5.84. The fourth-order valence-corrected chi connectivity index (χ4v) is 5.95. The van der Waals surface area contributed by atoms with Crippen LogP contribution >= 0.6 is 10.3 Å². The van der Waals surface area contributed by atoms with Crippen molar-refractivity contribution in [2.75, 3.05) is 0 Å². The highest BCUT2D eigenvalue weighted by Gasteiger charge is 2.39. The maximum absolute atomic E-state index is 12.1. The molecule has 0 aliphatic heterocycles. The van der Waals surface area contributed by atoms with Crippen LogP contribution in [0.15, 0.2) is 87.5 Å². The van der Waals surface area contributed by atoms with Gasteiger partial charge in [0.15, 0.2) is 0 Å². The molecule has 3 N–H and O–H groups in total. The lowest BCUT2D eigenvalue weighted by Crippen LogP contribution is -2.11. The normalized spacial score (nSPS) is 11.7. The van der Waals surface area contributed by atoms with E-state index in [9.17, 15) is 20.1 Å². The molecule has 6 heteroatoms. The SMILES string of the molecule is CC(=O)OS(c1ccccc1)(c1ccccc1)c1c(O)cc(O)cc1O. The van der Waals surface area contributed by atoms with Crippen molar-refractivity contribution in [1.29, 1.82) is 0 Å². The average Bonchev–Trinajstić information content (AvgIpc) is 2.61. The number of carbonyl (C=O) groups excluding carboxylic acids is 1. The van der Waals surface area contributed by atoms with Gasteiger partial charge in [0.25, 0.3) is 0 Å². The monoisotopic (exact) mass is 370 g/mol. The molecule has 3 aromatic rings. The van der Waals surface area contributed by atoms with Gasteiger partial charge < -0.3 is 19.5 Å². The van der Waals surface area contributed by atoms with E-state index in [-0.39, 0.29) is 22.1 Å². The average molecular weight is 370 g/mol. The molecule has 0 amide bonds. The standard InChI is InChI=1S/C20H18O5S/c1-14(21)25-26(16-8-4-2-5-9-16,17-10-6-3-7-11-17)20-18(23)12-15(22)13-19(20)24/h2-13,22-24H,1H3. The first kappa shape index (κ1) is 17.7. The van der Waals surface area contributed by atoms with Gasteiger partial charge in [-0.15, -0.1) is 0 Å². The van der Waals surface area contributed by atoms with Gasteiger partial charge in [-0.2, -0.15) is 0 Å². The topological polar surface area (TPSA) is 87.0 Å². The van der Waals surface area contributed by atoms with E-state index < -0.39 is 16.3 Å². The number of phenols is 3. The van der Waals surface area contributed by atoms with Gasteiger partial charge in [0.2, 0.25) is 0 Å². The second-order valence-corrected chi connectivity index (χ2v) is 8.20. The summed E-state index contributed by atoms with van der Waals surface area (Å²) in [4.78, 5) is 13.4. The molecule has 0 atom stereocenters. The molecule has 0 saturated carbocycles. The first-order valence-corrected chi connectivity index (χ1v) is 9.39. The predicted molar refractivity (Wildman–Crippen MR) is 98.5 cm³/mol. The lowest BCUT2D eigenvalue weighted by atomic mass is 10.3. The Hall–Kier alpha value is -3.12. The fourth-order valence-electron chi connectivity index (χ4n) is 2.79. The number of benzene rings is 3. The minimum atomic E-state index is -2.77. The zero-order chi connectivity index (χ0) is 18.7. The van der Waals surface area contributed by atoms with Crippen molar-refractivity contribution < 1.29 is 24.3 Å². The number of phenolic OH excluding ortho intramolecular Hbond substituents is 3. The van der Waals surface area contributed by atoms with Crippen molar-refractivity contribution >= 4 is 16.3 Å². The van der Waals surface area contributed by atoms with Gasteiger partial charge in [-0.25, -0.2) is 0 Å². The molecule has 0 radical (unpaired) electrons. The Bertz CT molecular complexity index is 863. The maximum atomic E-state index is 12.1. The van der Waals surface area contributed by atoms with Crippen LogP contribution in [0, 0.1) is 0 Å². The van der Waals surface area contributed by atoms with E-state index >= 15 is 0 Å². The van der Waals surface area contributed by atoms with Gasteiger partial charge in [-0.1, -0.05) is 36.4 Å². The Morgan fingerprint density at radius 1 is 0.808 bits per heavy atom. The van der Waals surface area contributed by atoms with E-state index in [1.165, 1.54) is 6.92 Å². The zero-order valence-electron chi connectivity index (χ0n) is 14.0. The lowest BCUT2D eigenvalue weighted by Gasteiger charge is -2.39. The molecule has 26 heavy (non-hydrogen) atoms. The van der Waals surface area contributed by atoms with Crippen LogP contribution in [0.2, 0.25) is 0 Å². The summed E-state index contributed by atoms with van der Waals surface area (Å²) in [6.07, 6.45) is 0. The zero-order valence-corrected chi connectivity index (χ0v) is 14.8. The number of rotatable bonds is 4. The van der Waals surface area contributed by atoms with Crippen molar-refractivity contribution in [2.45, 2.75) is 21.6 Å². The third-order valence-corrected chi connectivity index (χ3v) is 7.06. The fraction of sp³-hybridized carbons (Fsp3) is 0.0500. The van der Waals surface area contributed by atoms with Crippen LogP contribution in [0.5, 0.6) is 17.2 Å². The van der Waals surface area contributed by atoms with Crippen molar-refractivity contribution in [3.8, 4) is 17.2 Å². The summed E-state index contributed by atoms with van der Waals surface area (Å²) in [5, 5.41) is 30.8. The largest absolute Gasteiger partial charge is 0.508 e. The van der Waals surface area contributed by atoms with Gasteiger partial charge >= 0.3 is 5.97 Å². The molecule has 0 bridgehead atoms. The van der Waals surface area contributed by atoms with Crippen molar-refractivity contribution in [1.82, 2.24) is 0 Å². The van der Waals surface area contributed by atoms with E-state index in [1.54, 1.807) is 48.5 Å². The van der Waals surface area contributed by atoms with E-state index in [0.717, 1.165) is 12.1 Å². The molecule has 0 fully saturated rings. The number of aromatic hydroxyl groups is 3. The van der Waals surface area contributed by atoms with Gasteiger partial charge in [-0.05, 0) is 24.3 Å². The second kappa shape index (κ2) is 7.01. The molecule has 0 unspecified atom stereocenters. The van der Waals surface area contributed by atoms with Crippen LogP contribution in [0.25, 0.3) is 0 Å². The molecule has 0 aromatic heterocycles. The van der Waals surface area contributed by atoms with Crippen molar-refractivity contribution in [2.24, 2.45) is 0 Å². The minimum Gasteiger partial charge on any atom is -0.508 e. The lowest BCUT2D eigenvalue weighted by molar-refractivity contribution is -0.131. The van der Waals surface area contributed by atoms with E-state index in [4.69, 9.17) is 4.18 Å². The predicted octanol–water partition coefficient (Wildman–Crippen LogP) is 4.56.